The third-order valence-electron chi connectivity index (χ3n) is 4.19. The molecule has 3 aromatic rings. The predicted octanol–water partition coefficient (Wildman–Crippen LogP) is 4.03. The molecular weight excluding hydrogens is 404 g/mol. The number of carbonyl (C=O) groups excluding carboxylic acids is 2. The van der Waals surface area contributed by atoms with Crippen molar-refractivity contribution in [3.05, 3.63) is 76.8 Å². The fourth-order valence-electron chi connectivity index (χ4n) is 2.64. The number of rotatable bonds is 10. The molecule has 0 saturated heterocycles. The van der Waals surface area contributed by atoms with Gasteiger partial charge in [-0.3, -0.25) is 9.59 Å². The van der Waals surface area contributed by atoms with E-state index in [1.54, 1.807) is 7.11 Å². The number of thiazole rings is 1. The number of thioether (sulfide) groups is 1. The van der Waals surface area contributed by atoms with E-state index in [9.17, 15) is 9.59 Å². The van der Waals surface area contributed by atoms with Crippen LogP contribution in [-0.2, 0) is 17.6 Å². The number of carbonyl (C=O) groups is 2. The number of methoxy groups -OCH3 is 1. The molecule has 0 radical (unpaired) electrons. The van der Waals surface area contributed by atoms with Gasteiger partial charge in [-0.05, 0) is 24.1 Å². The Balaban J connectivity index is 1.39. The SMILES string of the molecule is COc1ccc(CCNC(=O)Cc2csc(SCC(=O)c3ccccc3)n2)cc1. The third-order valence-corrected chi connectivity index (χ3v) is 6.26. The van der Waals surface area contributed by atoms with Gasteiger partial charge in [-0.2, -0.15) is 0 Å². The highest BCUT2D eigenvalue weighted by atomic mass is 32.2. The first-order valence-corrected chi connectivity index (χ1v) is 11.1. The lowest BCUT2D eigenvalue weighted by Gasteiger charge is -2.05. The average Bonchev–Trinajstić information content (AvgIpc) is 3.20. The highest BCUT2D eigenvalue weighted by Crippen LogP contribution is 2.23. The summed E-state index contributed by atoms with van der Waals surface area (Å²) in [5, 5.41) is 4.80. The molecule has 2 aromatic carbocycles. The van der Waals surface area contributed by atoms with Gasteiger partial charge in [0.1, 0.15) is 5.75 Å². The predicted molar refractivity (Wildman–Crippen MR) is 117 cm³/mol. The second-order valence-electron chi connectivity index (χ2n) is 6.31. The number of ketones is 1. The number of ether oxygens (including phenoxy) is 1. The number of hydrogen-bond acceptors (Lipinski definition) is 6. The summed E-state index contributed by atoms with van der Waals surface area (Å²) in [4.78, 5) is 28.8. The van der Waals surface area contributed by atoms with E-state index in [1.807, 2.05) is 60.0 Å². The molecule has 0 spiro atoms. The Labute approximate surface area is 178 Å². The Morgan fingerprint density at radius 1 is 1.10 bits per heavy atom. The van der Waals surface area contributed by atoms with E-state index in [2.05, 4.69) is 10.3 Å². The van der Waals surface area contributed by atoms with Crippen LogP contribution in [-0.4, -0.2) is 36.1 Å². The lowest BCUT2D eigenvalue weighted by Crippen LogP contribution is -2.27. The largest absolute Gasteiger partial charge is 0.497 e. The zero-order chi connectivity index (χ0) is 20.5. The highest BCUT2D eigenvalue weighted by Gasteiger charge is 2.11. The van der Waals surface area contributed by atoms with Crippen LogP contribution < -0.4 is 10.1 Å². The molecular formula is C22H22N2O3S2. The first-order chi connectivity index (χ1) is 14.1. The Kier molecular flexibility index (Phi) is 7.84. The molecule has 150 valence electrons. The van der Waals surface area contributed by atoms with Crippen molar-refractivity contribution in [3.8, 4) is 5.75 Å². The maximum absolute atomic E-state index is 12.2. The van der Waals surface area contributed by atoms with Gasteiger partial charge in [0, 0.05) is 17.5 Å². The number of hydrogen-bond donors (Lipinski definition) is 1. The zero-order valence-corrected chi connectivity index (χ0v) is 17.7. The van der Waals surface area contributed by atoms with Gasteiger partial charge in [0.2, 0.25) is 5.91 Å². The Hall–Kier alpha value is -2.64. The van der Waals surface area contributed by atoms with Crippen molar-refractivity contribution in [3.63, 3.8) is 0 Å². The summed E-state index contributed by atoms with van der Waals surface area (Å²) >= 11 is 2.87. The van der Waals surface area contributed by atoms with E-state index in [4.69, 9.17) is 4.74 Å². The van der Waals surface area contributed by atoms with Gasteiger partial charge in [-0.15, -0.1) is 11.3 Å². The second-order valence-corrected chi connectivity index (χ2v) is 8.39. The first kappa shape index (κ1) is 21.1. The molecule has 29 heavy (non-hydrogen) atoms. The lowest BCUT2D eigenvalue weighted by atomic mass is 10.1. The summed E-state index contributed by atoms with van der Waals surface area (Å²) in [6.45, 7) is 0.572. The van der Waals surface area contributed by atoms with Crippen LogP contribution in [0.2, 0.25) is 0 Å². The molecule has 1 aromatic heterocycles. The average molecular weight is 427 g/mol. The van der Waals surface area contributed by atoms with E-state index in [0.717, 1.165) is 27.8 Å². The molecule has 0 unspecified atom stereocenters. The minimum atomic E-state index is -0.0549. The van der Waals surface area contributed by atoms with Gasteiger partial charge >= 0.3 is 0 Å². The monoisotopic (exact) mass is 426 g/mol. The molecule has 0 atom stereocenters. The number of amides is 1. The maximum atomic E-state index is 12.2. The summed E-state index contributed by atoms with van der Waals surface area (Å²) in [5.41, 5.74) is 2.57. The van der Waals surface area contributed by atoms with Crippen molar-refractivity contribution < 1.29 is 14.3 Å². The van der Waals surface area contributed by atoms with Crippen molar-refractivity contribution in [2.75, 3.05) is 19.4 Å². The minimum Gasteiger partial charge on any atom is -0.497 e. The molecule has 3 rings (SSSR count). The molecule has 0 saturated carbocycles. The highest BCUT2D eigenvalue weighted by molar-refractivity contribution is 8.01. The topological polar surface area (TPSA) is 68.3 Å². The normalized spacial score (nSPS) is 10.5. The second kappa shape index (κ2) is 10.8. The molecule has 1 heterocycles. The molecule has 1 N–H and O–H groups in total. The smallest absolute Gasteiger partial charge is 0.226 e. The van der Waals surface area contributed by atoms with Crippen LogP contribution in [0.4, 0.5) is 0 Å². The van der Waals surface area contributed by atoms with E-state index < -0.39 is 0 Å². The first-order valence-electron chi connectivity index (χ1n) is 9.19. The van der Waals surface area contributed by atoms with Crippen LogP contribution in [0.25, 0.3) is 0 Å². The van der Waals surface area contributed by atoms with E-state index in [-0.39, 0.29) is 18.1 Å². The zero-order valence-electron chi connectivity index (χ0n) is 16.1. The number of Topliss-reactive ketones (excluding diaryl/α,β-unsaturated/α-hetero) is 1. The number of nitrogens with one attached hydrogen (secondary N) is 1. The van der Waals surface area contributed by atoms with Crippen LogP contribution in [0.5, 0.6) is 5.75 Å². The van der Waals surface area contributed by atoms with Crippen LogP contribution in [0.15, 0.2) is 64.3 Å². The molecule has 0 aliphatic heterocycles. The Bertz CT molecular complexity index is 940. The molecule has 0 bridgehead atoms. The van der Waals surface area contributed by atoms with Crippen molar-refractivity contribution in [1.29, 1.82) is 0 Å². The van der Waals surface area contributed by atoms with Crippen LogP contribution in [0.3, 0.4) is 0 Å². The summed E-state index contributed by atoms with van der Waals surface area (Å²) in [6, 6.07) is 17.0. The van der Waals surface area contributed by atoms with Crippen LogP contribution in [0.1, 0.15) is 21.6 Å². The van der Waals surface area contributed by atoms with Crippen molar-refractivity contribution in [2.45, 2.75) is 17.2 Å². The molecule has 0 aliphatic carbocycles. The molecule has 7 heteroatoms. The van der Waals surface area contributed by atoms with Crippen molar-refractivity contribution >= 4 is 34.8 Å². The fourth-order valence-corrected chi connectivity index (χ4v) is 4.38. The van der Waals surface area contributed by atoms with Crippen molar-refractivity contribution in [1.82, 2.24) is 10.3 Å². The van der Waals surface area contributed by atoms with Gasteiger partial charge in [0.25, 0.3) is 0 Å². The van der Waals surface area contributed by atoms with Gasteiger partial charge in [0.05, 0.1) is 25.0 Å². The van der Waals surface area contributed by atoms with Crippen molar-refractivity contribution in [2.24, 2.45) is 0 Å². The lowest BCUT2D eigenvalue weighted by molar-refractivity contribution is -0.120. The quantitative estimate of drug-likeness (QED) is 0.392. The summed E-state index contributed by atoms with van der Waals surface area (Å²) in [6.07, 6.45) is 1.00. The molecule has 0 aliphatic rings. The Morgan fingerprint density at radius 2 is 1.86 bits per heavy atom. The van der Waals surface area contributed by atoms with Gasteiger partial charge < -0.3 is 10.1 Å². The molecule has 1 amide bonds. The maximum Gasteiger partial charge on any atom is 0.226 e. The van der Waals surface area contributed by atoms with Gasteiger partial charge in [-0.25, -0.2) is 4.98 Å². The van der Waals surface area contributed by atoms with E-state index in [0.29, 0.717) is 17.9 Å². The standard InChI is InChI=1S/C22H22N2O3S2/c1-27-19-9-7-16(8-10-19)11-12-23-21(26)13-18-14-28-22(24-18)29-15-20(25)17-5-3-2-4-6-17/h2-10,14H,11-13,15H2,1H3,(H,23,26). The Morgan fingerprint density at radius 3 is 2.59 bits per heavy atom. The summed E-state index contributed by atoms with van der Waals surface area (Å²) < 4.78 is 5.94. The van der Waals surface area contributed by atoms with Crippen LogP contribution in [0, 0.1) is 0 Å². The van der Waals surface area contributed by atoms with E-state index >= 15 is 0 Å². The van der Waals surface area contributed by atoms with E-state index in [1.165, 1.54) is 23.1 Å². The minimum absolute atomic E-state index is 0.0549. The fraction of sp³-hybridized carbons (Fsp3) is 0.227. The van der Waals surface area contributed by atoms with Gasteiger partial charge in [0.15, 0.2) is 10.1 Å². The number of benzene rings is 2. The molecule has 5 nitrogen and oxygen atoms in total. The number of aromatic nitrogens is 1. The number of nitrogens with zero attached hydrogens (tertiary/aromatic N) is 1. The summed E-state index contributed by atoms with van der Waals surface area (Å²) in [7, 11) is 1.64. The molecule has 0 fully saturated rings. The van der Waals surface area contributed by atoms with Crippen LogP contribution >= 0.6 is 23.1 Å². The van der Waals surface area contributed by atoms with Gasteiger partial charge in [-0.1, -0.05) is 54.2 Å². The summed E-state index contributed by atoms with van der Waals surface area (Å²) in [5.74, 6) is 1.18. The third kappa shape index (κ3) is 6.73.